The standard InChI is InChI=1S/C18H16N4O3S/c1-11-7-12(2)22(21-11)17-5-6-18(20-19-17)26-9-14(23)13-3-4-15-16(8-13)25-10-24-15/h3-8H,9-10H2,1-2H3. The van der Waals surface area contributed by atoms with Crippen molar-refractivity contribution in [3.63, 3.8) is 0 Å². The molecule has 0 atom stereocenters. The van der Waals surface area contributed by atoms with Crippen molar-refractivity contribution in [1.82, 2.24) is 20.0 Å². The molecule has 0 saturated heterocycles. The second-order valence-corrected chi connectivity index (χ2v) is 6.84. The van der Waals surface area contributed by atoms with Gasteiger partial charge in [0.15, 0.2) is 23.1 Å². The Morgan fingerprint density at radius 1 is 1.12 bits per heavy atom. The van der Waals surface area contributed by atoms with Crippen LogP contribution in [0.4, 0.5) is 0 Å². The van der Waals surface area contributed by atoms with Gasteiger partial charge in [0.1, 0.15) is 5.03 Å². The first-order chi connectivity index (χ1) is 12.6. The average Bonchev–Trinajstić information content (AvgIpc) is 3.25. The van der Waals surface area contributed by atoms with E-state index in [-0.39, 0.29) is 18.3 Å². The summed E-state index contributed by atoms with van der Waals surface area (Å²) in [5, 5.41) is 13.5. The molecule has 0 bridgehead atoms. The lowest BCUT2D eigenvalue weighted by Gasteiger charge is -2.04. The highest BCUT2D eigenvalue weighted by atomic mass is 32.2. The molecule has 0 spiro atoms. The summed E-state index contributed by atoms with van der Waals surface area (Å²) in [7, 11) is 0. The molecular weight excluding hydrogens is 352 g/mol. The van der Waals surface area contributed by atoms with E-state index in [0.717, 1.165) is 11.4 Å². The highest BCUT2D eigenvalue weighted by Gasteiger charge is 2.16. The summed E-state index contributed by atoms with van der Waals surface area (Å²) >= 11 is 1.35. The maximum Gasteiger partial charge on any atom is 0.231 e. The van der Waals surface area contributed by atoms with E-state index in [1.807, 2.05) is 32.0 Å². The molecule has 1 aliphatic heterocycles. The molecular formula is C18H16N4O3S. The number of nitrogens with zero attached hydrogens (tertiary/aromatic N) is 4. The van der Waals surface area contributed by atoms with Crippen molar-refractivity contribution in [2.24, 2.45) is 0 Å². The summed E-state index contributed by atoms with van der Waals surface area (Å²) in [6.45, 7) is 4.09. The summed E-state index contributed by atoms with van der Waals surface area (Å²) in [6.07, 6.45) is 0. The fourth-order valence-corrected chi connectivity index (χ4v) is 3.37. The van der Waals surface area contributed by atoms with Gasteiger partial charge in [-0.1, -0.05) is 11.8 Å². The van der Waals surface area contributed by atoms with Crippen LogP contribution in [0.15, 0.2) is 41.4 Å². The second kappa shape index (κ2) is 6.80. The molecule has 0 aliphatic carbocycles. The largest absolute Gasteiger partial charge is 0.454 e. The Morgan fingerprint density at radius 2 is 1.96 bits per heavy atom. The molecule has 8 heteroatoms. The van der Waals surface area contributed by atoms with Crippen molar-refractivity contribution in [2.45, 2.75) is 18.9 Å². The lowest BCUT2D eigenvalue weighted by molar-refractivity contribution is 0.102. The summed E-state index contributed by atoms with van der Waals surface area (Å²) in [5.41, 5.74) is 2.52. The van der Waals surface area contributed by atoms with Gasteiger partial charge in [-0.05, 0) is 50.2 Å². The number of ether oxygens (including phenoxy) is 2. The molecule has 4 rings (SSSR count). The number of fused-ring (bicyclic) bond motifs is 1. The highest BCUT2D eigenvalue weighted by Crippen LogP contribution is 2.33. The van der Waals surface area contributed by atoms with E-state index in [2.05, 4.69) is 15.3 Å². The third-order valence-electron chi connectivity index (χ3n) is 3.90. The number of aromatic nitrogens is 4. The van der Waals surface area contributed by atoms with Crippen LogP contribution in [0.3, 0.4) is 0 Å². The minimum Gasteiger partial charge on any atom is -0.454 e. The van der Waals surface area contributed by atoms with Crippen LogP contribution in [0.1, 0.15) is 21.7 Å². The Hall–Kier alpha value is -2.87. The molecule has 3 heterocycles. The molecule has 1 aromatic carbocycles. The molecule has 26 heavy (non-hydrogen) atoms. The predicted octanol–water partition coefficient (Wildman–Crippen LogP) is 2.98. The van der Waals surface area contributed by atoms with Gasteiger partial charge in [-0.3, -0.25) is 4.79 Å². The number of carbonyl (C=O) groups excluding carboxylic acids is 1. The van der Waals surface area contributed by atoms with Crippen LogP contribution in [0.25, 0.3) is 5.82 Å². The van der Waals surface area contributed by atoms with Crippen LogP contribution in [-0.2, 0) is 0 Å². The molecule has 0 fully saturated rings. The zero-order chi connectivity index (χ0) is 18.1. The molecule has 0 saturated carbocycles. The fourth-order valence-electron chi connectivity index (χ4n) is 2.66. The van der Waals surface area contributed by atoms with Crippen LogP contribution in [0, 0.1) is 13.8 Å². The maximum atomic E-state index is 12.4. The van der Waals surface area contributed by atoms with Crippen LogP contribution < -0.4 is 9.47 Å². The summed E-state index contributed by atoms with van der Waals surface area (Å²) in [4.78, 5) is 12.4. The SMILES string of the molecule is Cc1cc(C)n(-c2ccc(SCC(=O)c3ccc4c(c3)OCO4)nn2)n1. The molecule has 0 radical (unpaired) electrons. The Balaban J connectivity index is 1.41. The average molecular weight is 368 g/mol. The zero-order valence-corrected chi connectivity index (χ0v) is 15.1. The van der Waals surface area contributed by atoms with E-state index < -0.39 is 0 Å². The Kier molecular flexibility index (Phi) is 4.34. The van der Waals surface area contributed by atoms with E-state index >= 15 is 0 Å². The fraction of sp³-hybridized carbons (Fsp3) is 0.222. The quantitative estimate of drug-likeness (QED) is 0.506. The van der Waals surface area contributed by atoms with Gasteiger partial charge < -0.3 is 9.47 Å². The van der Waals surface area contributed by atoms with Crippen molar-refractivity contribution in [3.8, 4) is 17.3 Å². The minimum absolute atomic E-state index is 0.00211. The van der Waals surface area contributed by atoms with Crippen molar-refractivity contribution in [1.29, 1.82) is 0 Å². The van der Waals surface area contributed by atoms with Gasteiger partial charge in [-0.2, -0.15) is 5.10 Å². The zero-order valence-electron chi connectivity index (χ0n) is 14.3. The smallest absolute Gasteiger partial charge is 0.231 e. The molecule has 0 amide bonds. The van der Waals surface area contributed by atoms with Crippen molar-refractivity contribution >= 4 is 17.5 Å². The van der Waals surface area contributed by atoms with Gasteiger partial charge in [-0.15, -0.1) is 10.2 Å². The predicted molar refractivity (Wildman–Crippen MR) is 96.2 cm³/mol. The van der Waals surface area contributed by atoms with E-state index in [4.69, 9.17) is 9.47 Å². The summed E-state index contributed by atoms with van der Waals surface area (Å²) < 4.78 is 12.3. The molecule has 2 aromatic heterocycles. The number of aryl methyl sites for hydroxylation is 2. The number of hydrogen-bond donors (Lipinski definition) is 0. The van der Waals surface area contributed by atoms with Crippen molar-refractivity contribution < 1.29 is 14.3 Å². The molecule has 132 valence electrons. The van der Waals surface area contributed by atoms with E-state index in [1.54, 1.807) is 22.9 Å². The molecule has 0 unspecified atom stereocenters. The minimum atomic E-state index is -0.00211. The Bertz CT molecular complexity index is 969. The third kappa shape index (κ3) is 3.28. The number of ketones is 1. The summed E-state index contributed by atoms with van der Waals surface area (Å²) in [6, 6.07) is 10.9. The monoisotopic (exact) mass is 368 g/mol. The van der Waals surface area contributed by atoms with Crippen molar-refractivity contribution in [2.75, 3.05) is 12.5 Å². The maximum absolute atomic E-state index is 12.4. The first-order valence-corrected chi connectivity index (χ1v) is 9.02. The lowest BCUT2D eigenvalue weighted by atomic mass is 10.1. The first-order valence-electron chi connectivity index (χ1n) is 8.03. The second-order valence-electron chi connectivity index (χ2n) is 5.85. The van der Waals surface area contributed by atoms with E-state index in [1.165, 1.54) is 11.8 Å². The van der Waals surface area contributed by atoms with Crippen LogP contribution in [0.2, 0.25) is 0 Å². The number of rotatable bonds is 5. The molecule has 7 nitrogen and oxygen atoms in total. The van der Waals surface area contributed by atoms with Gasteiger partial charge in [0.2, 0.25) is 6.79 Å². The Labute approximate surface area is 154 Å². The number of Topliss-reactive ketones (excluding diaryl/α,β-unsaturated/α-hetero) is 1. The van der Waals surface area contributed by atoms with Crippen LogP contribution in [0.5, 0.6) is 11.5 Å². The first kappa shape index (κ1) is 16.6. The van der Waals surface area contributed by atoms with Crippen LogP contribution >= 0.6 is 11.8 Å². The molecule has 3 aromatic rings. The normalized spacial score (nSPS) is 12.4. The lowest BCUT2D eigenvalue weighted by Crippen LogP contribution is -2.05. The van der Waals surface area contributed by atoms with Gasteiger partial charge in [0.25, 0.3) is 0 Å². The molecule has 1 aliphatic rings. The summed E-state index contributed by atoms with van der Waals surface area (Å²) in [5.74, 6) is 2.20. The number of carbonyl (C=O) groups is 1. The number of thioether (sulfide) groups is 1. The highest BCUT2D eigenvalue weighted by molar-refractivity contribution is 7.99. The third-order valence-corrected chi connectivity index (χ3v) is 4.82. The van der Waals surface area contributed by atoms with Gasteiger partial charge in [0, 0.05) is 11.3 Å². The van der Waals surface area contributed by atoms with Gasteiger partial charge >= 0.3 is 0 Å². The van der Waals surface area contributed by atoms with Crippen molar-refractivity contribution in [3.05, 3.63) is 53.3 Å². The topological polar surface area (TPSA) is 79.1 Å². The Morgan fingerprint density at radius 3 is 2.69 bits per heavy atom. The van der Waals surface area contributed by atoms with E-state index in [0.29, 0.717) is 27.9 Å². The number of hydrogen-bond acceptors (Lipinski definition) is 7. The van der Waals surface area contributed by atoms with Crippen LogP contribution in [-0.4, -0.2) is 38.3 Å². The van der Waals surface area contributed by atoms with Gasteiger partial charge in [0.05, 0.1) is 11.4 Å². The van der Waals surface area contributed by atoms with E-state index in [9.17, 15) is 4.79 Å². The van der Waals surface area contributed by atoms with Gasteiger partial charge in [-0.25, -0.2) is 4.68 Å². The number of benzene rings is 1. The molecule has 0 N–H and O–H groups in total.